The largest absolute Gasteiger partial charge is 0.318 e. The number of rotatable bonds is 5. The highest BCUT2D eigenvalue weighted by Gasteiger charge is 2.34. The number of fused-ring (bicyclic) bond motifs is 14. The Morgan fingerprint density at radius 2 is 1.01 bits per heavy atom. The predicted molar refractivity (Wildman–Crippen MR) is 314 cm³/mol. The minimum atomic E-state index is -0.476. The molecule has 4 nitrogen and oxygen atoms in total. The Morgan fingerprint density at radius 3 is 1.70 bits per heavy atom. The Hall–Kier alpha value is -9.56. The molecule has 0 N–H and O–H groups in total. The smallest absolute Gasteiger partial charge is 0.220 e. The molecule has 0 spiro atoms. The number of hydrogen-bond acceptors (Lipinski definition) is 3. The summed E-state index contributed by atoms with van der Waals surface area (Å²) in [5.41, 5.74) is 7.76. The van der Waals surface area contributed by atoms with E-state index in [2.05, 4.69) is 106 Å². The number of nitrogens with zero attached hydrogens (tertiary/aromatic N) is 4. The maximum Gasteiger partial charge on any atom is 0.220 e. The van der Waals surface area contributed by atoms with Gasteiger partial charge in [0.1, 0.15) is 6.07 Å². The van der Waals surface area contributed by atoms with Gasteiger partial charge in [-0.1, -0.05) is 188 Å². The summed E-state index contributed by atoms with van der Waals surface area (Å²) < 4.78 is 74.3. The van der Waals surface area contributed by atoms with Gasteiger partial charge in [-0.25, -0.2) is 4.85 Å². The molecule has 0 unspecified atom stereocenters. The minimum absolute atomic E-state index is 0.0839. The number of thiophene rings is 2. The van der Waals surface area contributed by atoms with Gasteiger partial charge in [-0.15, -0.1) is 22.7 Å². The van der Waals surface area contributed by atoms with Gasteiger partial charge in [-0.05, 0) is 74.1 Å². The van der Waals surface area contributed by atoms with E-state index in [1.165, 1.54) is 0 Å². The van der Waals surface area contributed by atoms with Crippen LogP contribution >= 0.6 is 22.7 Å². The Morgan fingerprint density at radius 1 is 0.446 bits per heavy atom. The first kappa shape index (κ1) is 34.7. The summed E-state index contributed by atoms with van der Waals surface area (Å²) in [6, 6.07) is 58.9. The molecule has 0 atom stereocenters. The molecule has 6 heteroatoms. The van der Waals surface area contributed by atoms with Crippen LogP contribution < -0.4 is 0 Å². The molecule has 0 saturated carbocycles. The molecule has 0 aliphatic heterocycles. The van der Waals surface area contributed by atoms with Crippen LogP contribution in [0.1, 0.15) is 15.2 Å². The van der Waals surface area contributed by atoms with Crippen molar-refractivity contribution in [2.24, 2.45) is 0 Å². The minimum Gasteiger partial charge on any atom is -0.318 e. The molecule has 4 heterocycles. The van der Waals surface area contributed by atoms with Gasteiger partial charge >= 0.3 is 0 Å². The topological polar surface area (TPSA) is 38.0 Å². The summed E-state index contributed by atoms with van der Waals surface area (Å²) in [5.74, 6) is 0. The van der Waals surface area contributed by atoms with E-state index in [0.717, 1.165) is 73.3 Å². The van der Waals surface area contributed by atoms with Crippen molar-refractivity contribution in [3.8, 4) is 50.8 Å². The van der Waals surface area contributed by atoms with Crippen LogP contribution in [0.2, 0.25) is 0 Å². The van der Waals surface area contributed by atoms with E-state index in [-0.39, 0.29) is 57.1 Å². The number of aromatic nitrogens is 2. The van der Waals surface area contributed by atoms with Crippen molar-refractivity contribution in [1.82, 2.24) is 9.13 Å². The van der Waals surface area contributed by atoms with Crippen LogP contribution in [0, 0.1) is 17.9 Å². The van der Waals surface area contributed by atoms with E-state index in [0.29, 0.717) is 55.3 Å². The van der Waals surface area contributed by atoms with Crippen molar-refractivity contribution in [2.45, 2.75) is 0 Å². The molecule has 340 valence electrons. The quantitative estimate of drug-likeness (QED) is 0.125. The van der Waals surface area contributed by atoms with Crippen LogP contribution in [0.15, 0.2) is 218 Å². The molecule has 0 amide bonds. The second kappa shape index (κ2) is 15.5. The number of benzene rings is 12. The molecule has 12 aromatic carbocycles. The maximum atomic E-state index is 12.4. The van der Waals surface area contributed by atoms with Crippen molar-refractivity contribution in [1.29, 1.82) is 5.26 Å². The average Bonchev–Trinajstić information content (AvgIpc) is 3.20. The predicted octanol–water partition coefficient (Wildman–Crippen LogP) is 19.8. The molecule has 0 saturated heterocycles. The fraction of sp³-hybridized carbons (Fsp3) is 0. The van der Waals surface area contributed by atoms with Gasteiger partial charge in [0.25, 0.3) is 0 Å². The summed E-state index contributed by atoms with van der Waals surface area (Å²) in [5, 5.41) is 20.4. The standard InChI is InChI=1S/C68H36N4S2/c1-70-62-57(40-21-7-3-8-22-40)52(38-69)63(58(41-23-9-4-10-24-41)65(62)71-53-31-17-29-46-42-25-11-12-26-43(42)47-30-18-32-54(71)61(47)60(46)53)72-64-49(36-35-48-44-27-13-15-33-55(44)73-67(48)64)59-50(39-19-5-2-6-20-39)37-51-45-28-14-16-34-56(45)74-68(51)66(59)72/h2-37H/i11D,12D,17D,25D,26D,29D,31D. The lowest BCUT2D eigenvalue weighted by Gasteiger charge is -2.26. The van der Waals surface area contributed by atoms with Crippen molar-refractivity contribution in [3.63, 3.8) is 0 Å². The van der Waals surface area contributed by atoms with E-state index in [1.807, 2.05) is 83.4 Å². The second-order valence-corrected chi connectivity index (χ2v) is 20.8. The summed E-state index contributed by atoms with van der Waals surface area (Å²) in [4.78, 5) is 4.51. The fourth-order valence-electron chi connectivity index (χ4n) is 12.1. The molecule has 4 aromatic heterocycles. The van der Waals surface area contributed by atoms with Crippen molar-refractivity contribution in [2.75, 3.05) is 0 Å². The first-order chi connectivity index (χ1) is 39.6. The fourth-order valence-corrected chi connectivity index (χ4v) is 14.6. The first-order valence-corrected chi connectivity index (χ1v) is 25.8. The molecule has 0 aliphatic carbocycles. The molecular weight excluding hydrogens is 937 g/mol. The highest BCUT2D eigenvalue weighted by molar-refractivity contribution is 7.27. The summed E-state index contributed by atoms with van der Waals surface area (Å²) >= 11 is 3.39. The Labute approximate surface area is 441 Å². The molecule has 0 bridgehead atoms. The van der Waals surface area contributed by atoms with Crippen LogP contribution in [-0.4, -0.2) is 9.13 Å². The van der Waals surface area contributed by atoms with Gasteiger partial charge in [0.2, 0.25) is 5.69 Å². The van der Waals surface area contributed by atoms with Gasteiger partial charge < -0.3 is 9.13 Å². The van der Waals surface area contributed by atoms with E-state index < -0.39 is 18.1 Å². The van der Waals surface area contributed by atoms with Gasteiger partial charge in [-0.3, -0.25) is 0 Å². The molecule has 16 rings (SSSR count). The van der Waals surface area contributed by atoms with Gasteiger partial charge in [0.05, 0.1) is 64.6 Å². The molecule has 0 aliphatic rings. The summed E-state index contributed by atoms with van der Waals surface area (Å²) in [6.45, 7) is 9.52. The lowest BCUT2D eigenvalue weighted by atomic mass is 9.88. The SMILES string of the molecule is [2H]c1c([2H])c([2H])c2c(c1[2H])c1cccc3c1c1c2c([2H])c([2H])c([2H])c1n3-c1c([N+]#[C-])c(-c2ccccc2)c(C#N)c(-n2c3c(ccc4c5ccccc5sc43)c3c(-c4ccccc4)cc4c5ccccc5sc4c32)c1-c1ccccc1. The average molecular weight is 980 g/mol. The van der Waals surface area contributed by atoms with Gasteiger partial charge in [-0.2, -0.15) is 5.26 Å². The van der Waals surface area contributed by atoms with Crippen molar-refractivity contribution >= 4 is 134 Å². The lowest BCUT2D eigenvalue weighted by Crippen LogP contribution is -2.09. The molecule has 0 fully saturated rings. The molecule has 0 radical (unpaired) electrons. The summed E-state index contributed by atoms with van der Waals surface area (Å²) in [6.07, 6.45) is 0. The summed E-state index contributed by atoms with van der Waals surface area (Å²) in [7, 11) is 0. The van der Waals surface area contributed by atoms with E-state index in [9.17, 15) is 18.7 Å². The third-order valence-corrected chi connectivity index (χ3v) is 17.4. The van der Waals surface area contributed by atoms with Crippen molar-refractivity contribution in [3.05, 3.63) is 235 Å². The molecule has 16 aromatic rings. The lowest BCUT2D eigenvalue weighted by molar-refractivity contribution is 1.14. The van der Waals surface area contributed by atoms with Crippen molar-refractivity contribution < 1.29 is 9.60 Å². The monoisotopic (exact) mass is 979 g/mol. The Kier molecular flexibility index (Phi) is 7.26. The van der Waals surface area contributed by atoms with E-state index in [1.54, 1.807) is 28.7 Å². The highest BCUT2D eigenvalue weighted by Crippen LogP contribution is 2.56. The van der Waals surface area contributed by atoms with Crippen LogP contribution in [0.25, 0.3) is 155 Å². The van der Waals surface area contributed by atoms with Gasteiger partial charge in [0.15, 0.2) is 0 Å². The maximum absolute atomic E-state index is 12.4. The zero-order chi connectivity index (χ0) is 54.9. The zero-order valence-corrected chi connectivity index (χ0v) is 40.5. The molecule has 74 heavy (non-hydrogen) atoms. The highest BCUT2D eigenvalue weighted by atomic mass is 32.1. The molecular formula is C68H36N4S2. The van der Waals surface area contributed by atoms with Crippen LogP contribution in [0.4, 0.5) is 5.69 Å². The Balaban J connectivity index is 1.25. The zero-order valence-electron chi connectivity index (χ0n) is 45.8. The second-order valence-electron chi connectivity index (χ2n) is 18.6. The van der Waals surface area contributed by atoms with Crippen LogP contribution in [0.5, 0.6) is 0 Å². The third kappa shape index (κ3) is 5.43. The van der Waals surface area contributed by atoms with E-state index in [4.69, 9.17) is 2.74 Å². The van der Waals surface area contributed by atoms with Crippen LogP contribution in [0.3, 0.4) is 0 Å². The normalized spacial score (nSPS) is 13.4. The number of nitriles is 1. The van der Waals surface area contributed by atoms with Gasteiger partial charge in [0, 0.05) is 63.6 Å². The third-order valence-electron chi connectivity index (χ3n) is 15.0. The van der Waals surface area contributed by atoms with E-state index >= 15 is 0 Å². The first-order valence-electron chi connectivity index (χ1n) is 27.7. The van der Waals surface area contributed by atoms with Crippen LogP contribution in [-0.2, 0) is 0 Å². The number of hydrogen-bond donors (Lipinski definition) is 0. The Bertz CT molecular complexity index is 5570.